The summed E-state index contributed by atoms with van der Waals surface area (Å²) < 4.78 is 5.25. The second-order valence-electron chi connectivity index (χ2n) is 5.86. The molecule has 3 aromatic rings. The molecule has 0 fully saturated rings. The number of nitrogens with zero attached hydrogens (tertiary/aromatic N) is 3. The smallest absolute Gasteiger partial charge is 0.271 e. The minimum atomic E-state index is -0.736. The molecule has 1 aromatic carbocycles. The molecule has 1 unspecified atom stereocenters. The van der Waals surface area contributed by atoms with Crippen molar-refractivity contribution in [1.82, 2.24) is 15.0 Å². The molecule has 1 atom stereocenters. The number of nitrogens with two attached hydrogens (primary N) is 2. The molecule has 0 saturated carbocycles. The molecule has 0 radical (unpaired) electrons. The van der Waals surface area contributed by atoms with E-state index in [1.165, 1.54) is 12.5 Å². The van der Waals surface area contributed by atoms with Gasteiger partial charge in [-0.2, -0.15) is 0 Å². The zero-order chi connectivity index (χ0) is 20.1. The summed E-state index contributed by atoms with van der Waals surface area (Å²) in [4.78, 5) is 35.5. The summed E-state index contributed by atoms with van der Waals surface area (Å²) in [6.45, 7) is 1.81. The summed E-state index contributed by atoms with van der Waals surface area (Å²) in [6, 6.07) is 6.53. The molecule has 0 aliphatic heterocycles. The highest BCUT2D eigenvalue weighted by Gasteiger charge is 2.17. The van der Waals surface area contributed by atoms with Gasteiger partial charge in [-0.3, -0.25) is 9.59 Å². The SMILES string of the molecule is CCC(Nc1cnc(C(N)=O)c(Nc2ccc(-c3ncco3)cc2)n1)C(N)=O. The fourth-order valence-corrected chi connectivity index (χ4v) is 2.48. The zero-order valence-corrected chi connectivity index (χ0v) is 15.0. The van der Waals surface area contributed by atoms with Crippen LogP contribution in [0, 0.1) is 0 Å². The first-order valence-corrected chi connectivity index (χ1v) is 8.47. The van der Waals surface area contributed by atoms with Crippen molar-refractivity contribution in [2.75, 3.05) is 10.6 Å². The first kappa shape index (κ1) is 18.8. The maximum atomic E-state index is 11.7. The van der Waals surface area contributed by atoms with Gasteiger partial charge in [-0.25, -0.2) is 15.0 Å². The molecule has 2 amide bonds. The van der Waals surface area contributed by atoms with Crippen molar-refractivity contribution in [3.63, 3.8) is 0 Å². The molecule has 10 nitrogen and oxygen atoms in total. The van der Waals surface area contributed by atoms with Gasteiger partial charge in [0, 0.05) is 11.3 Å². The van der Waals surface area contributed by atoms with E-state index in [2.05, 4.69) is 25.6 Å². The van der Waals surface area contributed by atoms with Crippen molar-refractivity contribution in [2.24, 2.45) is 11.5 Å². The summed E-state index contributed by atoms with van der Waals surface area (Å²) in [6.07, 6.45) is 4.84. The standard InChI is InChI=1S/C18H19N7O3/c1-2-12(15(19)26)24-13-9-22-14(16(20)27)17(25-13)23-11-5-3-10(4-6-11)18-21-7-8-28-18/h3-9,12H,2H2,1H3,(H2,19,26)(H2,20,27)(H2,23,24,25). The Hall–Kier alpha value is -3.95. The lowest BCUT2D eigenvalue weighted by molar-refractivity contribution is -0.118. The van der Waals surface area contributed by atoms with Gasteiger partial charge in [-0.15, -0.1) is 0 Å². The third-order valence-electron chi connectivity index (χ3n) is 3.91. The van der Waals surface area contributed by atoms with E-state index >= 15 is 0 Å². The number of anilines is 3. The normalized spacial score (nSPS) is 11.6. The Morgan fingerprint density at radius 2 is 1.93 bits per heavy atom. The Morgan fingerprint density at radius 3 is 2.50 bits per heavy atom. The van der Waals surface area contributed by atoms with E-state index in [1.807, 2.05) is 6.92 Å². The summed E-state index contributed by atoms with van der Waals surface area (Å²) in [5, 5.41) is 5.89. The molecule has 2 heterocycles. The molecular weight excluding hydrogens is 362 g/mol. The van der Waals surface area contributed by atoms with Crippen LogP contribution in [0.2, 0.25) is 0 Å². The predicted octanol–water partition coefficient (Wildman–Crippen LogP) is 1.65. The van der Waals surface area contributed by atoms with Gasteiger partial charge in [0.2, 0.25) is 11.8 Å². The molecule has 0 spiro atoms. The highest BCUT2D eigenvalue weighted by Crippen LogP contribution is 2.23. The van der Waals surface area contributed by atoms with Gasteiger partial charge in [-0.05, 0) is 30.7 Å². The third-order valence-corrected chi connectivity index (χ3v) is 3.91. The number of carbonyl (C=O) groups is 2. The Morgan fingerprint density at radius 1 is 1.18 bits per heavy atom. The number of amides is 2. The average Bonchev–Trinajstić information content (AvgIpc) is 3.21. The predicted molar refractivity (Wildman–Crippen MR) is 103 cm³/mol. The Labute approximate surface area is 160 Å². The van der Waals surface area contributed by atoms with Crippen molar-refractivity contribution in [1.29, 1.82) is 0 Å². The lowest BCUT2D eigenvalue weighted by Crippen LogP contribution is -2.35. The third kappa shape index (κ3) is 4.23. The minimum Gasteiger partial charge on any atom is -0.445 e. The summed E-state index contributed by atoms with van der Waals surface area (Å²) in [5.74, 6) is -0.317. The lowest BCUT2D eigenvalue weighted by atomic mass is 10.2. The summed E-state index contributed by atoms with van der Waals surface area (Å²) in [5.41, 5.74) is 12.1. The number of primary amides is 2. The fraction of sp³-hybridized carbons (Fsp3) is 0.167. The van der Waals surface area contributed by atoms with Crippen LogP contribution in [0.5, 0.6) is 0 Å². The number of aromatic nitrogens is 3. The summed E-state index contributed by atoms with van der Waals surface area (Å²) in [7, 11) is 0. The summed E-state index contributed by atoms with van der Waals surface area (Å²) >= 11 is 0. The number of nitrogens with one attached hydrogen (secondary N) is 2. The first-order chi connectivity index (χ1) is 13.5. The van der Waals surface area contributed by atoms with Crippen molar-refractivity contribution in [3.05, 3.63) is 48.6 Å². The van der Waals surface area contributed by atoms with Gasteiger partial charge >= 0.3 is 0 Å². The van der Waals surface area contributed by atoms with Gasteiger partial charge in [0.1, 0.15) is 18.1 Å². The van der Waals surface area contributed by atoms with Gasteiger partial charge in [-0.1, -0.05) is 6.92 Å². The maximum absolute atomic E-state index is 11.7. The molecular formula is C18H19N7O3. The highest BCUT2D eigenvalue weighted by atomic mass is 16.3. The Bertz CT molecular complexity index is 971. The van der Waals surface area contributed by atoms with Gasteiger partial charge in [0.05, 0.1) is 12.4 Å². The molecule has 10 heteroatoms. The highest BCUT2D eigenvalue weighted by molar-refractivity contribution is 5.96. The fourth-order valence-electron chi connectivity index (χ4n) is 2.48. The van der Waals surface area contributed by atoms with E-state index in [-0.39, 0.29) is 17.3 Å². The number of rotatable bonds is 8. The number of benzene rings is 1. The largest absolute Gasteiger partial charge is 0.445 e. The Kier molecular flexibility index (Phi) is 5.49. The molecule has 0 saturated heterocycles. The van der Waals surface area contributed by atoms with E-state index < -0.39 is 17.9 Å². The number of hydrogen-bond acceptors (Lipinski definition) is 8. The number of oxazole rings is 1. The molecule has 0 bridgehead atoms. The topological polar surface area (TPSA) is 162 Å². The van der Waals surface area contributed by atoms with Crippen LogP contribution in [-0.4, -0.2) is 32.8 Å². The van der Waals surface area contributed by atoms with Crippen LogP contribution in [-0.2, 0) is 4.79 Å². The van der Waals surface area contributed by atoms with Crippen molar-refractivity contribution >= 4 is 29.1 Å². The Balaban J connectivity index is 1.85. The van der Waals surface area contributed by atoms with Crippen LogP contribution < -0.4 is 22.1 Å². The second-order valence-corrected chi connectivity index (χ2v) is 5.86. The van der Waals surface area contributed by atoms with E-state index in [0.29, 0.717) is 18.0 Å². The van der Waals surface area contributed by atoms with E-state index in [1.54, 1.807) is 30.5 Å². The van der Waals surface area contributed by atoms with Crippen LogP contribution in [0.3, 0.4) is 0 Å². The zero-order valence-electron chi connectivity index (χ0n) is 15.0. The van der Waals surface area contributed by atoms with Crippen molar-refractivity contribution < 1.29 is 14.0 Å². The second kappa shape index (κ2) is 8.16. The molecule has 3 rings (SSSR count). The average molecular weight is 381 g/mol. The minimum absolute atomic E-state index is 0.0329. The van der Waals surface area contributed by atoms with E-state index in [4.69, 9.17) is 15.9 Å². The lowest BCUT2D eigenvalue weighted by Gasteiger charge is -2.15. The molecule has 0 aliphatic carbocycles. The van der Waals surface area contributed by atoms with Crippen LogP contribution in [0.1, 0.15) is 23.8 Å². The number of hydrogen-bond donors (Lipinski definition) is 4. The van der Waals surface area contributed by atoms with Crippen LogP contribution in [0.15, 0.2) is 47.3 Å². The van der Waals surface area contributed by atoms with E-state index in [0.717, 1.165) is 5.56 Å². The van der Waals surface area contributed by atoms with Crippen LogP contribution in [0.4, 0.5) is 17.3 Å². The van der Waals surface area contributed by atoms with Gasteiger partial charge in [0.15, 0.2) is 11.5 Å². The quantitative estimate of drug-likeness (QED) is 0.458. The van der Waals surface area contributed by atoms with Gasteiger partial charge in [0.25, 0.3) is 5.91 Å². The van der Waals surface area contributed by atoms with E-state index in [9.17, 15) is 9.59 Å². The van der Waals surface area contributed by atoms with Crippen LogP contribution in [0.25, 0.3) is 11.5 Å². The number of carbonyl (C=O) groups excluding carboxylic acids is 2. The van der Waals surface area contributed by atoms with Gasteiger partial charge < -0.3 is 26.5 Å². The maximum Gasteiger partial charge on any atom is 0.271 e. The molecule has 2 aromatic heterocycles. The first-order valence-electron chi connectivity index (χ1n) is 8.47. The monoisotopic (exact) mass is 381 g/mol. The molecule has 6 N–H and O–H groups in total. The molecule has 144 valence electrons. The van der Waals surface area contributed by atoms with Crippen LogP contribution >= 0.6 is 0 Å². The van der Waals surface area contributed by atoms with Crippen molar-refractivity contribution in [2.45, 2.75) is 19.4 Å². The molecule has 28 heavy (non-hydrogen) atoms. The van der Waals surface area contributed by atoms with Crippen molar-refractivity contribution in [3.8, 4) is 11.5 Å². The molecule has 0 aliphatic rings.